The minimum atomic E-state index is -3.69. The highest BCUT2D eigenvalue weighted by Crippen LogP contribution is 2.25. The summed E-state index contributed by atoms with van der Waals surface area (Å²) in [6, 6.07) is 13.9. The SMILES string of the molecule is Cc1ccc(S(=O)(=O)Nc2ccc(C(=O)NCC(C)N3CCc4sccc4C3)cc2)cc1C. The van der Waals surface area contributed by atoms with Crippen molar-refractivity contribution in [1.29, 1.82) is 0 Å². The fraction of sp³-hybridized carbons (Fsp3) is 0.320. The molecule has 2 heterocycles. The number of rotatable bonds is 7. The van der Waals surface area contributed by atoms with Crippen LogP contribution in [0, 0.1) is 13.8 Å². The van der Waals surface area contributed by atoms with Gasteiger partial charge in [-0.3, -0.25) is 14.4 Å². The lowest BCUT2D eigenvalue weighted by Gasteiger charge is -2.32. The molecule has 0 saturated heterocycles. The zero-order valence-electron chi connectivity index (χ0n) is 19.1. The molecular formula is C25H29N3O3S2. The van der Waals surface area contributed by atoms with Gasteiger partial charge in [-0.1, -0.05) is 6.07 Å². The Balaban J connectivity index is 1.33. The highest BCUT2D eigenvalue weighted by atomic mass is 32.2. The molecule has 1 aliphatic heterocycles. The number of sulfonamides is 1. The number of carbonyl (C=O) groups is 1. The van der Waals surface area contributed by atoms with Gasteiger partial charge in [-0.05, 0) is 91.7 Å². The van der Waals surface area contributed by atoms with Crippen LogP contribution in [0.2, 0.25) is 0 Å². The van der Waals surface area contributed by atoms with E-state index < -0.39 is 10.0 Å². The third-order valence-corrected chi connectivity index (χ3v) is 8.61. The predicted octanol–water partition coefficient (Wildman–Crippen LogP) is 4.34. The molecule has 0 bridgehead atoms. The summed E-state index contributed by atoms with van der Waals surface area (Å²) < 4.78 is 27.9. The Labute approximate surface area is 199 Å². The lowest BCUT2D eigenvalue weighted by atomic mass is 10.1. The molecule has 1 atom stereocenters. The first-order valence-electron chi connectivity index (χ1n) is 11.0. The van der Waals surface area contributed by atoms with Crippen LogP contribution in [-0.4, -0.2) is 38.4 Å². The molecule has 4 rings (SSSR count). The summed E-state index contributed by atoms with van der Waals surface area (Å²) in [6.45, 7) is 8.43. The molecule has 0 spiro atoms. The second-order valence-corrected chi connectivity index (χ2v) is 11.3. The first kappa shape index (κ1) is 23.5. The van der Waals surface area contributed by atoms with E-state index in [0.717, 1.165) is 30.6 Å². The number of nitrogens with one attached hydrogen (secondary N) is 2. The molecule has 0 saturated carbocycles. The minimum Gasteiger partial charge on any atom is -0.350 e. The van der Waals surface area contributed by atoms with Crippen molar-refractivity contribution in [2.75, 3.05) is 17.8 Å². The van der Waals surface area contributed by atoms with Gasteiger partial charge in [-0.15, -0.1) is 11.3 Å². The third-order valence-electron chi connectivity index (χ3n) is 6.21. The zero-order valence-corrected chi connectivity index (χ0v) is 20.7. The number of nitrogens with zero attached hydrogens (tertiary/aromatic N) is 1. The molecule has 0 aliphatic carbocycles. The van der Waals surface area contributed by atoms with Crippen LogP contribution in [0.15, 0.2) is 58.8 Å². The molecule has 3 aromatic rings. The summed E-state index contributed by atoms with van der Waals surface area (Å²) in [5, 5.41) is 5.15. The Morgan fingerprint density at radius 3 is 2.58 bits per heavy atom. The smallest absolute Gasteiger partial charge is 0.261 e. The van der Waals surface area contributed by atoms with E-state index in [4.69, 9.17) is 0 Å². The number of hydrogen-bond donors (Lipinski definition) is 2. The van der Waals surface area contributed by atoms with Crippen LogP contribution in [0.5, 0.6) is 0 Å². The molecule has 1 aliphatic rings. The molecular weight excluding hydrogens is 454 g/mol. The first-order chi connectivity index (χ1) is 15.7. The number of benzene rings is 2. The van der Waals surface area contributed by atoms with E-state index in [1.165, 1.54) is 10.4 Å². The maximum Gasteiger partial charge on any atom is 0.261 e. The van der Waals surface area contributed by atoms with E-state index in [2.05, 4.69) is 33.3 Å². The number of hydrogen-bond acceptors (Lipinski definition) is 5. The van der Waals surface area contributed by atoms with Gasteiger partial charge in [0.2, 0.25) is 0 Å². The molecule has 1 unspecified atom stereocenters. The van der Waals surface area contributed by atoms with Crippen LogP contribution in [0.3, 0.4) is 0 Å². The summed E-state index contributed by atoms with van der Waals surface area (Å²) in [6.07, 6.45) is 1.06. The second-order valence-electron chi connectivity index (χ2n) is 8.58. The fourth-order valence-corrected chi connectivity index (χ4v) is 5.94. The normalized spacial score (nSPS) is 15.0. The molecule has 0 fully saturated rings. The quantitative estimate of drug-likeness (QED) is 0.524. The zero-order chi connectivity index (χ0) is 23.6. The lowest BCUT2D eigenvalue weighted by Crippen LogP contribution is -2.44. The van der Waals surface area contributed by atoms with Crippen molar-refractivity contribution in [2.24, 2.45) is 0 Å². The van der Waals surface area contributed by atoms with E-state index in [0.29, 0.717) is 17.8 Å². The standard InChI is InChI=1S/C25H29N3O3S2/c1-17-4-9-23(14-18(17)2)33(30,31)27-22-7-5-20(6-8-22)25(29)26-15-19(3)28-12-10-24-21(16-28)11-13-32-24/h4-9,11,13-14,19,27H,10,12,15-16H2,1-3H3,(H,26,29). The number of aryl methyl sites for hydroxylation is 2. The maximum atomic E-state index is 12.7. The fourth-order valence-electron chi connectivity index (χ4n) is 3.90. The molecule has 8 heteroatoms. The number of amides is 1. The van der Waals surface area contributed by atoms with Crippen molar-refractivity contribution in [2.45, 2.75) is 44.7 Å². The molecule has 33 heavy (non-hydrogen) atoms. The van der Waals surface area contributed by atoms with Crippen LogP contribution in [0.25, 0.3) is 0 Å². The molecule has 1 aromatic heterocycles. The van der Waals surface area contributed by atoms with Gasteiger partial charge in [-0.2, -0.15) is 0 Å². The Morgan fingerprint density at radius 2 is 1.85 bits per heavy atom. The molecule has 0 radical (unpaired) electrons. The van der Waals surface area contributed by atoms with Gasteiger partial charge in [0.25, 0.3) is 15.9 Å². The second kappa shape index (κ2) is 9.67. The van der Waals surface area contributed by atoms with Crippen molar-refractivity contribution in [3.63, 3.8) is 0 Å². The van der Waals surface area contributed by atoms with Gasteiger partial charge in [0, 0.05) is 41.8 Å². The van der Waals surface area contributed by atoms with Crippen LogP contribution in [-0.2, 0) is 23.0 Å². The van der Waals surface area contributed by atoms with E-state index in [1.54, 1.807) is 42.5 Å². The van der Waals surface area contributed by atoms with Gasteiger partial charge in [0.15, 0.2) is 0 Å². The van der Waals surface area contributed by atoms with Crippen LogP contribution in [0.1, 0.15) is 38.8 Å². The van der Waals surface area contributed by atoms with Crippen LogP contribution in [0.4, 0.5) is 5.69 Å². The molecule has 174 valence electrons. The van der Waals surface area contributed by atoms with Gasteiger partial charge in [0.1, 0.15) is 0 Å². The topological polar surface area (TPSA) is 78.5 Å². The van der Waals surface area contributed by atoms with Gasteiger partial charge < -0.3 is 5.32 Å². The maximum absolute atomic E-state index is 12.7. The highest BCUT2D eigenvalue weighted by molar-refractivity contribution is 7.92. The largest absolute Gasteiger partial charge is 0.350 e. The van der Waals surface area contributed by atoms with Crippen molar-refractivity contribution >= 4 is 33.0 Å². The number of carbonyl (C=O) groups excluding carboxylic acids is 1. The Morgan fingerprint density at radius 1 is 1.09 bits per heavy atom. The summed E-state index contributed by atoms with van der Waals surface area (Å²) in [5.74, 6) is -0.168. The summed E-state index contributed by atoms with van der Waals surface area (Å²) >= 11 is 1.82. The molecule has 2 N–H and O–H groups in total. The Bertz CT molecular complexity index is 1250. The molecule has 6 nitrogen and oxygen atoms in total. The van der Waals surface area contributed by atoms with Gasteiger partial charge in [0.05, 0.1) is 4.90 Å². The third kappa shape index (κ3) is 5.46. The van der Waals surface area contributed by atoms with E-state index in [1.807, 2.05) is 25.2 Å². The predicted molar refractivity (Wildman–Crippen MR) is 133 cm³/mol. The van der Waals surface area contributed by atoms with E-state index in [9.17, 15) is 13.2 Å². The number of fused-ring (bicyclic) bond motifs is 1. The van der Waals surface area contributed by atoms with Gasteiger partial charge >= 0.3 is 0 Å². The molecule has 2 aromatic carbocycles. The van der Waals surface area contributed by atoms with Crippen molar-refractivity contribution in [3.8, 4) is 0 Å². The Kier molecular flexibility index (Phi) is 6.88. The van der Waals surface area contributed by atoms with Crippen molar-refractivity contribution < 1.29 is 13.2 Å². The monoisotopic (exact) mass is 483 g/mol. The Hall–Kier alpha value is -2.68. The summed E-state index contributed by atoms with van der Waals surface area (Å²) in [5.41, 5.74) is 4.26. The van der Waals surface area contributed by atoms with Crippen molar-refractivity contribution in [1.82, 2.24) is 10.2 Å². The average molecular weight is 484 g/mol. The summed E-state index contributed by atoms with van der Waals surface area (Å²) in [4.78, 5) is 16.7. The van der Waals surface area contributed by atoms with Crippen molar-refractivity contribution in [3.05, 3.63) is 81.0 Å². The highest BCUT2D eigenvalue weighted by Gasteiger charge is 2.22. The van der Waals surface area contributed by atoms with E-state index >= 15 is 0 Å². The minimum absolute atomic E-state index is 0.168. The van der Waals surface area contributed by atoms with E-state index in [-0.39, 0.29) is 16.8 Å². The van der Waals surface area contributed by atoms with Crippen LogP contribution >= 0.6 is 11.3 Å². The first-order valence-corrected chi connectivity index (χ1v) is 13.4. The van der Waals surface area contributed by atoms with Crippen LogP contribution < -0.4 is 10.0 Å². The van der Waals surface area contributed by atoms with Gasteiger partial charge in [-0.25, -0.2) is 8.42 Å². The average Bonchev–Trinajstić information content (AvgIpc) is 3.27. The summed E-state index contributed by atoms with van der Waals surface area (Å²) in [7, 11) is -3.69. The lowest BCUT2D eigenvalue weighted by molar-refractivity contribution is 0.0932. The molecule has 1 amide bonds. The number of anilines is 1. The number of thiophene rings is 1.